The van der Waals surface area contributed by atoms with Crippen LogP contribution in [0.4, 0.5) is 17.1 Å². The van der Waals surface area contributed by atoms with Gasteiger partial charge < -0.3 is 9.32 Å². The van der Waals surface area contributed by atoms with E-state index in [1.165, 1.54) is 101 Å². The van der Waals surface area contributed by atoms with Crippen LogP contribution >= 0.6 is 11.3 Å². The second-order valence-electron chi connectivity index (χ2n) is 17.8. The standard InChI is InChI=1S/C61H39NOS/c1-35(2)36-18-25-40(26-19-36)62(55-16-9-15-48-46-14-7-8-17-56(46)63-61(48)55)54-30-23-38-21-28-47-41(27-20-37-22-29-49(54)60(38)59(37)47)39-24-31-57-52(32-39)53-33-50-44-12-5-3-10-42(44)43-11-4-6-13-45(43)51(50)34-58(53)64-57/h3-35H,1-2H3. The Balaban J connectivity index is 0.983. The maximum atomic E-state index is 6.73. The zero-order valence-electron chi connectivity index (χ0n) is 35.3. The first-order chi connectivity index (χ1) is 31.6. The number of benzene rings is 12. The predicted molar refractivity (Wildman–Crippen MR) is 277 cm³/mol. The summed E-state index contributed by atoms with van der Waals surface area (Å²) in [7, 11) is 0. The van der Waals surface area contributed by atoms with Gasteiger partial charge in [0.2, 0.25) is 0 Å². The van der Waals surface area contributed by atoms with Crippen LogP contribution in [0.1, 0.15) is 25.3 Å². The summed E-state index contributed by atoms with van der Waals surface area (Å²) in [5.74, 6) is 0.435. The van der Waals surface area contributed by atoms with Crippen LogP contribution in [0.5, 0.6) is 0 Å². The van der Waals surface area contributed by atoms with Crippen LogP contribution < -0.4 is 4.90 Å². The van der Waals surface area contributed by atoms with E-state index in [4.69, 9.17) is 4.42 Å². The first kappa shape index (κ1) is 35.8. The maximum absolute atomic E-state index is 6.73. The van der Waals surface area contributed by atoms with Crippen molar-refractivity contribution in [1.82, 2.24) is 0 Å². The van der Waals surface area contributed by atoms with E-state index in [-0.39, 0.29) is 0 Å². The van der Waals surface area contributed by atoms with E-state index >= 15 is 0 Å². The molecule has 14 aromatic rings. The molecule has 0 spiro atoms. The number of rotatable bonds is 5. The van der Waals surface area contributed by atoms with E-state index < -0.39 is 0 Å². The lowest BCUT2D eigenvalue weighted by Gasteiger charge is -2.28. The lowest BCUT2D eigenvalue weighted by molar-refractivity contribution is 0.669. The molecule has 12 aromatic carbocycles. The van der Waals surface area contributed by atoms with Crippen molar-refractivity contribution < 1.29 is 4.42 Å². The minimum Gasteiger partial charge on any atom is -0.454 e. The van der Waals surface area contributed by atoms with Gasteiger partial charge in [0.25, 0.3) is 0 Å². The van der Waals surface area contributed by atoms with Crippen LogP contribution in [0.3, 0.4) is 0 Å². The lowest BCUT2D eigenvalue weighted by atomic mass is 9.88. The molecular formula is C61H39NOS. The molecule has 0 unspecified atom stereocenters. The Morgan fingerprint density at radius 2 is 1.02 bits per heavy atom. The lowest BCUT2D eigenvalue weighted by Crippen LogP contribution is -2.11. The summed E-state index contributed by atoms with van der Waals surface area (Å²) < 4.78 is 9.36. The molecule has 0 bridgehead atoms. The van der Waals surface area contributed by atoms with E-state index in [1.54, 1.807) is 0 Å². The van der Waals surface area contributed by atoms with Crippen LogP contribution in [0.25, 0.3) is 118 Å². The van der Waals surface area contributed by atoms with Crippen molar-refractivity contribution >= 4 is 135 Å². The Kier molecular flexibility index (Phi) is 7.50. The topological polar surface area (TPSA) is 16.4 Å². The fraction of sp³-hybridized carbons (Fsp3) is 0.0492. The van der Waals surface area contributed by atoms with E-state index in [9.17, 15) is 0 Å². The summed E-state index contributed by atoms with van der Waals surface area (Å²) >= 11 is 1.90. The molecule has 0 saturated carbocycles. The Bertz CT molecular complexity index is 4230. The number of thiophene rings is 1. The molecule has 0 saturated heterocycles. The van der Waals surface area contributed by atoms with Gasteiger partial charge in [-0.2, -0.15) is 0 Å². The quantitative estimate of drug-likeness (QED) is 0.161. The molecule has 0 aliphatic heterocycles. The van der Waals surface area contributed by atoms with Crippen LogP contribution in [0, 0.1) is 0 Å². The number of nitrogens with zero attached hydrogens (tertiary/aromatic N) is 1. The SMILES string of the molecule is CC(C)c1ccc(N(c2ccc3ccc4c(-c5ccc6sc7cc8c9ccccc9c9ccccc9c8cc7c6c5)ccc5ccc2c3c54)c2cccc3c2oc2ccccc23)cc1. The number of furan rings is 1. The molecule has 0 aliphatic carbocycles. The van der Waals surface area contributed by atoms with Gasteiger partial charge in [-0.25, -0.2) is 0 Å². The highest BCUT2D eigenvalue weighted by Crippen LogP contribution is 2.49. The average molecular weight is 834 g/mol. The van der Waals surface area contributed by atoms with Gasteiger partial charge in [0.1, 0.15) is 5.58 Å². The van der Waals surface area contributed by atoms with Crippen molar-refractivity contribution in [2.75, 3.05) is 4.90 Å². The fourth-order valence-corrected chi connectivity index (χ4v) is 12.0. The maximum Gasteiger partial charge on any atom is 0.159 e. The Morgan fingerprint density at radius 3 is 1.77 bits per heavy atom. The molecule has 14 rings (SSSR count). The van der Waals surface area contributed by atoms with Crippen molar-refractivity contribution in [3.05, 3.63) is 200 Å². The summed E-state index contributed by atoms with van der Waals surface area (Å²) in [6.45, 7) is 4.51. The molecule has 64 heavy (non-hydrogen) atoms. The third-order valence-electron chi connectivity index (χ3n) is 14.0. The predicted octanol–water partition coefficient (Wildman–Crippen LogP) is 18.6. The normalized spacial score (nSPS) is 12.4. The molecule has 2 nitrogen and oxygen atoms in total. The van der Waals surface area contributed by atoms with Gasteiger partial charge >= 0.3 is 0 Å². The Morgan fingerprint density at radius 1 is 0.406 bits per heavy atom. The van der Waals surface area contributed by atoms with Crippen LogP contribution in [0.2, 0.25) is 0 Å². The molecular weight excluding hydrogens is 795 g/mol. The summed E-state index contributed by atoms with van der Waals surface area (Å²) in [6.07, 6.45) is 0. The highest BCUT2D eigenvalue weighted by molar-refractivity contribution is 7.25. The van der Waals surface area contributed by atoms with E-state index in [0.29, 0.717) is 5.92 Å². The monoisotopic (exact) mass is 833 g/mol. The summed E-state index contributed by atoms with van der Waals surface area (Å²) in [4.78, 5) is 2.41. The Hall–Kier alpha value is -7.72. The number of fused-ring (bicyclic) bond motifs is 12. The molecule has 0 radical (unpaired) electrons. The Labute approximate surface area is 373 Å². The molecule has 3 heteroatoms. The molecule has 300 valence electrons. The van der Waals surface area contributed by atoms with Gasteiger partial charge in [0.05, 0.1) is 11.4 Å². The first-order valence-corrected chi connectivity index (χ1v) is 23.1. The van der Waals surface area contributed by atoms with Gasteiger partial charge in [0, 0.05) is 42.0 Å². The van der Waals surface area contributed by atoms with Gasteiger partial charge in [0.15, 0.2) is 5.58 Å². The molecule has 2 heterocycles. The smallest absolute Gasteiger partial charge is 0.159 e. The highest BCUT2D eigenvalue weighted by Gasteiger charge is 2.23. The largest absolute Gasteiger partial charge is 0.454 e. The molecule has 0 atom stereocenters. The van der Waals surface area contributed by atoms with Crippen molar-refractivity contribution in [1.29, 1.82) is 0 Å². The number of hydrogen-bond acceptors (Lipinski definition) is 3. The second kappa shape index (κ2) is 13.4. The number of anilines is 3. The first-order valence-electron chi connectivity index (χ1n) is 22.3. The van der Waals surface area contributed by atoms with Gasteiger partial charge in [-0.3, -0.25) is 0 Å². The van der Waals surface area contributed by atoms with E-state index in [0.717, 1.165) is 39.0 Å². The number of para-hydroxylation sites is 2. The minimum atomic E-state index is 0.435. The zero-order chi connectivity index (χ0) is 42.2. The van der Waals surface area contributed by atoms with Gasteiger partial charge in [-0.05, 0) is 136 Å². The molecule has 2 aromatic heterocycles. The summed E-state index contributed by atoms with van der Waals surface area (Å²) in [6, 6.07) is 72.3. The fourth-order valence-electron chi connectivity index (χ4n) is 10.9. The van der Waals surface area contributed by atoms with E-state index in [2.05, 4.69) is 207 Å². The molecule has 0 fully saturated rings. The zero-order valence-corrected chi connectivity index (χ0v) is 36.1. The summed E-state index contributed by atoms with van der Waals surface area (Å²) in [5.41, 5.74) is 8.82. The van der Waals surface area contributed by atoms with Crippen molar-refractivity contribution in [3.63, 3.8) is 0 Å². The molecule has 0 amide bonds. The van der Waals surface area contributed by atoms with Crippen LogP contribution in [-0.4, -0.2) is 0 Å². The van der Waals surface area contributed by atoms with Crippen molar-refractivity contribution in [2.45, 2.75) is 19.8 Å². The minimum absolute atomic E-state index is 0.435. The van der Waals surface area contributed by atoms with Crippen molar-refractivity contribution in [3.8, 4) is 11.1 Å². The third kappa shape index (κ3) is 5.07. The van der Waals surface area contributed by atoms with Crippen molar-refractivity contribution in [2.24, 2.45) is 0 Å². The number of hydrogen-bond donors (Lipinski definition) is 0. The molecule has 0 N–H and O–H groups in total. The highest BCUT2D eigenvalue weighted by atomic mass is 32.1. The summed E-state index contributed by atoms with van der Waals surface area (Å²) in [5, 5.41) is 20.3. The third-order valence-corrected chi connectivity index (χ3v) is 15.1. The van der Waals surface area contributed by atoms with Gasteiger partial charge in [-0.15, -0.1) is 11.3 Å². The van der Waals surface area contributed by atoms with Crippen LogP contribution in [0.15, 0.2) is 199 Å². The molecule has 0 aliphatic rings. The van der Waals surface area contributed by atoms with Crippen LogP contribution in [-0.2, 0) is 0 Å². The second-order valence-corrected chi connectivity index (χ2v) is 18.8. The van der Waals surface area contributed by atoms with Gasteiger partial charge in [-0.1, -0.05) is 153 Å². The van der Waals surface area contributed by atoms with E-state index in [1.807, 2.05) is 17.4 Å². The average Bonchev–Trinajstić information content (AvgIpc) is 3.91.